The van der Waals surface area contributed by atoms with Crippen molar-refractivity contribution in [3.8, 4) is 0 Å². The van der Waals surface area contributed by atoms with E-state index < -0.39 is 0 Å². The van der Waals surface area contributed by atoms with Crippen molar-refractivity contribution >= 4 is 22.8 Å². The molecule has 0 saturated carbocycles. The summed E-state index contributed by atoms with van der Waals surface area (Å²) in [6.45, 7) is 6.10. The van der Waals surface area contributed by atoms with Crippen LogP contribution >= 0.6 is 0 Å². The summed E-state index contributed by atoms with van der Waals surface area (Å²) in [6.07, 6.45) is 2.60. The Labute approximate surface area is 77.3 Å². The summed E-state index contributed by atoms with van der Waals surface area (Å²) >= 11 is 1.46. The van der Waals surface area contributed by atoms with Gasteiger partial charge in [0.2, 0.25) is 0 Å². The molecule has 0 amide bonds. The Morgan fingerprint density at radius 2 is 1.64 bits per heavy atom. The first-order valence-corrected chi connectivity index (χ1v) is 4.90. The summed E-state index contributed by atoms with van der Waals surface area (Å²) in [5, 5.41) is 0. The predicted octanol–water partition coefficient (Wildman–Crippen LogP) is 1.83. The van der Waals surface area contributed by atoms with Crippen LogP contribution in [0.1, 0.15) is 40.0 Å². The van der Waals surface area contributed by atoms with Crippen molar-refractivity contribution in [3.63, 3.8) is 0 Å². The predicted molar refractivity (Wildman–Crippen MR) is 45.2 cm³/mol. The van der Waals surface area contributed by atoms with Crippen LogP contribution in [0.2, 0.25) is 0 Å². The third kappa shape index (κ3) is 2.22. The minimum absolute atomic E-state index is 0.0648. The molecule has 63 valence electrons. The van der Waals surface area contributed by atoms with Crippen LogP contribution in [-0.2, 0) is 8.56 Å². The summed E-state index contributed by atoms with van der Waals surface area (Å²) in [5.41, 5.74) is -0.227. The molecule has 0 N–H and O–H groups in total. The molecule has 0 unspecified atom stereocenters. The average Bonchev–Trinajstić information content (AvgIpc) is 2.08. The van der Waals surface area contributed by atoms with E-state index in [1.54, 1.807) is 0 Å². The van der Waals surface area contributed by atoms with E-state index in [2.05, 4.69) is 0 Å². The summed E-state index contributed by atoms with van der Waals surface area (Å²) in [4.78, 5) is 11.3. The van der Waals surface area contributed by atoms with E-state index in [-0.39, 0.29) is 11.4 Å². The molecule has 0 aliphatic carbocycles. The second-order valence-corrected chi connectivity index (χ2v) is 3.16. The van der Waals surface area contributed by atoms with E-state index in [0.29, 0.717) is 0 Å². The van der Waals surface area contributed by atoms with E-state index in [9.17, 15) is 4.79 Å². The van der Waals surface area contributed by atoms with Gasteiger partial charge in [0.15, 0.2) is 0 Å². The Bertz CT molecular complexity index is 122. The van der Waals surface area contributed by atoms with Crippen LogP contribution < -0.4 is 0 Å². The molecule has 0 rings (SSSR count). The molecule has 0 spiro atoms. The first-order chi connectivity index (χ1) is 5.16. The molecule has 0 bridgehead atoms. The minimum atomic E-state index is -0.227. The maximum absolute atomic E-state index is 11.3. The van der Waals surface area contributed by atoms with E-state index in [4.69, 9.17) is 3.76 Å². The van der Waals surface area contributed by atoms with Gasteiger partial charge in [-0.15, -0.1) is 0 Å². The van der Waals surface area contributed by atoms with Crippen molar-refractivity contribution in [2.75, 3.05) is 0 Å². The molecular weight excluding hydrogens is 201 g/mol. The molecule has 3 heteroatoms. The Hall–Kier alpha value is 0.0129. The second-order valence-electron chi connectivity index (χ2n) is 2.73. The van der Waals surface area contributed by atoms with Gasteiger partial charge in [-0.25, -0.2) is 0 Å². The standard InChI is InChI=1S/C8H15GeO2/c1-4-8(5-2,6-3)7(10)11-9/h4-6H2,1-3H3. The summed E-state index contributed by atoms with van der Waals surface area (Å²) < 4.78 is 4.75. The van der Waals surface area contributed by atoms with Gasteiger partial charge in [-0.3, -0.25) is 0 Å². The third-order valence-electron chi connectivity index (χ3n) is 2.56. The van der Waals surface area contributed by atoms with Crippen LogP contribution in [0.3, 0.4) is 0 Å². The third-order valence-corrected chi connectivity index (χ3v) is 2.95. The topological polar surface area (TPSA) is 26.3 Å². The molecule has 0 aliphatic rings. The fourth-order valence-corrected chi connectivity index (χ4v) is 1.75. The Kier molecular flexibility index (Phi) is 4.81. The normalized spacial score (nSPS) is 11.3. The summed E-state index contributed by atoms with van der Waals surface area (Å²) in [6, 6.07) is 0. The van der Waals surface area contributed by atoms with Crippen LogP contribution in [-0.4, -0.2) is 22.8 Å². The van der Waals surface area contributed by atoms with E-state index in [0.717, 1.165) is 19.3 Å². The molecule has 0 aromatic rings. The number of carbonyl (C=O) groups is 1. The zero-order chi connectivity index (χ0) is 8.91. The van der Waals surface area contributed by atoms with Crippen LogP contribution in [0.5, 0.6) is 0 Å². The van der Waals surface area contributed by atoms with Gasteiger partial charge < -0.3 is 0 Å². The van der Waals surface area contributed by atoms with Crippen LogP contribution in [0.4, 0.5) is 0 Å². The van der Waals surface area contributed by atoms with Crippen molar-refractivity contribution in [3.05, 3.63) is 0 Å². The van der Waals surface area contributed by atoms with E-state index in [1.807, 2.05) is 20.8 Å². The first-order valence-electron chi connectivity index (χ1n) is 4.04. The molecule has 11 heavy (non-hydrogen) atoms. The van der Waals surface area contributed by atoms with Gasteiger partial charge >= 0.3 is 76.8 Å². The Morgan fingerprint density at radius 3 is 1.73 bits per heavy atom. The fraction of sp³-hybridized carbons (Fsp3) is 0.875. The quantitative estimate of drug-likeness (QED) is 0.669. The van der Waals surface area contributed by atoms with Crippen molar-refractivity contribution in [1.29, 1.82) is 0 Å². The number of carbonyl (C=O) groups excluding carboxylic acids is 1. The van der Waals surface area contributed by atoms with Gasteiger partial charge in [0.1, 0.15) is 0 Å². The first kappa shape index (κ1) is 11.0. The summed E-state index contributed by atoms with van der Waals surface area (Å²) in [5.74, 6) is -0.0648. The van der Waals surface area contributed by atoms with Crippen LogP contribution in [0.25, 0.3) is 0 Å². The van der Waals surface area contributed by atoms with Gasteiger partial charge in [-0.2, -0.15) is 0 Å². The monoisotopic (exact) mass is 217 g/mol. The molecule has 0 aromatic carbocycles. The Balaban J connectivity index is 4.39. The number of hydrogen-bond donors (Lipinski definition) is 0. The second kappa shape index (κ2) is 4.80. The molecule has 0 atom stereocenters. The summed E-state index contributed by atoms with van der Waals surface area (Å²) in [7, 11) is 0. The molecule has 0 fully saturated rings. The number of hydrogen-bond acceptors (Lipinski definition) is 2. The average molecular weight is 216 g/mol. The molecular formula is C8H15GeO2. The van der Waals surface area contributed by atoms with E-state index >= 15 is 0 Å². The van der Waals surface area contributed by atoms with Crippen LogP contribution in [0, 0.1) is 5.41 Å². The molecule has 0 aliphatic heterocycles. The number of rotatable bonds is 4. The van der Waals surface area contributed by atoms with Crippen molar-refractivity contribution in [1.82, 2.24) is 0 Å². The maximum atomic E-state index is 11.3. The molecule has 0 aromatic heterocycles. The zero-order valence-corrected chi connectivity index (χ0v) is 9.54. The van der Waals surface area contributed by atoms with E-state index in [1.165, 1.54) is 16.9 Å². The van der Waals surface area contributed by atoms with Gasteiger partial charge in [-0.1, -0.05) is 0 Å². The SMILES string of the molecule is CCC(CC)(CC)C(=O)[O][Ge]. The Morgan fingerprint density at radius 1 is 1.27 bits per heavy atom. The molecule has 2 nitrogen and oxygen atoms in total. The van der Waals surface area contributed by atoms with Gasteiger partial charge in [0.25, 0.3) is 0 Å². The molecule has 3 radical (unpaired) electrons. The zero-order valence-electron chi connectivity index (χ0n) is 7.44. The van der Waals surface area contributed by atoms with Crippen molar-refractivity contribution in [2.45, 2.75) is 40.0 Å². The molecule has 0 heterocycles. The van der Waals surface area contributed by atoms with Gasteiger partial charge in [0, 0.05) is 0 Å². The fourth-order valence-electron chi connectivity index (χ4n) is 1.29. The van der Waals surface area contributed by atoms with Crippen LogP contribution in [0.15, 0.2) is 0 Å². The molecule has 0 saturated heterocycles. The van der Waals surface area contributed by atoms with Crippen molar-refractivity contribution in [2.24, 2.45) is 5.41 Å². The van der Waals surface area contributed by atoms with Gasteiger partial charge in [-0.05, 0) is 0 Å². The van der Waals surface area contributed by atoms with Crippen molar-refractivity contribution < 1.29 is 8.56 Å². The van der Waals surface area contributed by atoms with Gasteiger partial charge in [0.05, 0.1) is 0 Å².